The van der Waals surface area contributed by atoms with Crippen molar-refractivity contribution in [3.63, 3.8) is 0 Å². The van der Waals surface area contributed by atoms with Gasteiger partial charge in [0.25, 0.3) is 5.69 Å². The molecule has 0 aromatic heterocycles. The Labute approximate surface area is 153 Å². The summed E-state index contributed by atoms with van der Waals surface area (Å²) >= 11 is 0. The van der Waals surface area contributed by atoms with Gasteiger partial charge in [0.1, 0.15) is 0 Å². The van der Waals surface area contributed by atoms with Gasteiger partial charge in [-0.05, 0) is 12.1 Å². The van der Waals surface area contributed by atoms with Crippen molar-refractivity contribution in [1.82, 2.24) is 4.90 Å². The number of carbonyl (C=O) groups excluding carboxylic acids is 4. The van der Waals surface area contributed by atoms with Crippen molar-refractivity contribution in [2.75, 3.05) is 14.2 Å². The second kappa shape index (κ2) is 9.27. The molecule has 1 unspecified atom stereocenters. The Kier molecular flexibility index (Phi) is 7.39. The zero-order chi connectivity index (χ0) is 20.7. The van der Waals surface area contributed by atoms with E-state index in [4.69, 9.17) is 4.74 Å². The SMILES string of the molecule is COC(=O)C(C(=O)OC)N(C(C)=O)C(OC(C)=O)c1ccc([N+](=O)[O-])cc1. The van der Waals surface area contributed by atoms with Crippen LogP contribution in [0.5, 0.6) is 0 Å². The number of amides is 1. The molecule has 0 spiro atoms. The number of methoxy groups -OCH3 is 2. The topological polar surface area (TPSA) is 142 Å². The van der Waals surface area contributed by atoms with Crippen LogP contribution >= 0.6 is 0 Å². The molecule has 0 aliphatic heterocycles. The number of hydrogen-bond acceptors (Lipinski definition) is 9. The summed E-state index contributed by atoms with van der Waals surface area (Å²) in [5.41, 5.74) is -0.129. The third-order valence-electron chi connectivity index (χ3n) is 3.41. The molecule has 0 fully saturated rings. The Morgan fingerprint density at radius 2 is 1.48 bits per heavy atom. The Balaban J connectivity index is 3.50. The maximum atomic E-state index is 12.2. The summed E-state index contributed by atoms with van der Waals surface area (Å²) in [4.78, 5) is 58.7. The van der Waals surface area contributed by atoms with Gasteiger partial charge in [0.05, 0.1) is 19.1 Å². The highest BCUT2D eigenvalue weighted by Crippen LogP contribution is 2.27. The molecule has 1 aromatic carbocycles. The highest BCUT2D eigenvalue weighted by Gasteiger charge is 2.42. The van der Waals surface area contributed by atoms with Gasteiger partial charge in [-0.1, -0.05) is 0 Å². The summed E-state index contributed by atoms with van der Waals surface area (Å²) in [7, 11) is 2.01. The fourth-order valence-corrected chi connectivity index (χ4v) is 2.23. The van der Waals surface area contributed by atoms with E-state index in [1.54, 1.807) is 0 Å². The summed E-state index contributed by atoms with van der Waals surface area (Å²) in [6.45, 7) is 2.10. The molecule has 0 radical (unpaired) electrons. The third-order valence-corrected chi connectivity index (χ3v) is 3.41. The zero-order valence-corrected chi connectivity index (χ0v) is 15.0. The molecule has 0 heterocycles. The van der Waals surface area contributed by atoms with Gasteiger partial charge in [0.2, 0.25) is 18.2 Å². The fraction of sp³-hybridized carbons (Fsp3) is 0.375. The number of esters is 3. The number of hydrogen-bond donors (Lipinski definition) is 0. The lowest BCUT2D eigenvalue weighted by Gasteiger charge is -2.33. The Hall–Kier alpha value is -3.50. The Bertz CT molecular complexity index is 729. The highest BCUT2D eigenvalue weighted by atomic mass is 16.6. The lowest BCUT2D eigenvalue weighted by Crippen LogP contribution is -2.52. The molecule has 0 saturated carbocycles. The molecule has 0 aliphatic rings. The van der Waals surface area contributed by atoms with Crippen LogP contribution in [0.25, 0.3) is 0 Å². The molecular formula is C16H18N2O9. The van der Waals surface area contributed by atoms with Gasteiger partial charge in [0, 0.05) is 31.5 Å². The number of non-ortho nitro benzene ring substituents is 1. The van der Waals surface area contributed by atoms with Crippen molar-refractivity contribution < 1.29 is 38.3 Å². The predicted octanol–water partition coefficient (Wildman–Crippen LogP) is 0.720. The van der Waals surface area contributed by atoms with Crippen molar-refractivity contribution in [1.29, 1.82) is 0 Å². The summed E-state index contributed by atoms with van der Waals surface area (Å²) in [5.74, 6) is -3.86. The molecule has 0 bridgehead atoms. The van der Waals surface area contributed by atoms with Gasteiger partial charge in [-0.25, -0.2) is 9.59 Å². The van der Waals surface area contributed by atoms with Crippen LogP contribution in [0.1, 0.15) is 25.6 Å². The van der Waals surface area contributed by atoms with Gasteiger partial charge in [-0.3, -0.25) is 24.6 Å². The van der Waals surface area contributed by atoms with Crippen LogP contribution in [0.2, 0.25) is 0 Å². The first-order valence-electron chi connectivity index (χ1n) is 7.50. The number of nitrogens with zero attached hydrogens (tertiary/aromatic N) is 2. The van der Waals surface area contributed by atoms with Gasteiger partial charge in [-0.15, -0.1) is 0 Å². The average Bonchev–Trinajstić information content (AvgIpc) is 2.62. The molecule has 146 valence electrons. The largest absolute Gasteiger partial charge is 0.467 e. The minimum atomic E-state index is -1.85. The first kappa shape index (κ1) is 21.5. The summed E-state index contributed by atoms with van der Waals surface area (Å²) in [6, 6.07) is 2.85. The number of nitro benzene ring substituents is 1. The monoisotopic (exact) mass is 382 g/mol. The van der Waals surface area contributed by atoms with Gasteiger partial charge < -0.3 is 14.2 Å². The second-order valence-electron chi connectivity index (χ2n) is 5.19. The van der Waals surface area contributed by atoms with Crippen LogP contribution in [0.3, 0.4) is 0 Å². The van der Waals surface area contributed by atoms with E-state index in [1.807, 2.05) is 0 Å². The summed E-state index contributed by atoms with van der Waals surface area (Å²) in [6.07, 6.45) is -1.52. The smallest absolute Gasteiger partial charge is 0.340 e. The Morgan fingerprint density at radius 1 is 1.00 bits per heavy atom. The number of ether oxygens (including phenoxy) is 3. The van der Waals surface area contributed by atoms with Crippen LogP contribution in [-0.4, -0.2) is 53.9 Å². The summed E-state index contributed by atoms with van der Waals surface area (Å²) in [5, 5.41) is 10.8. The van der Waals surface area contributed by atoms with E-state index in [2.05, 4.69) is 9.47 Å². The van der Waals surface area contributed by atoms with Crippen LogP contribution < -0.4 is 0 Å². The number of benzene rings is 1. The predicted molar refractivity (Wildman–Crippen MR) is 87.9 cm³/mol. The molecule has 1 atom stereocenters. The molecule has 11 heteroatoms. The van der Waals surface area contributed by atoms with E-state index < -0.39 is 41.0 Å². The Morgan fingerprint density at radius 3 is 1.81 bits per heavy atom. The van der Waals surface area contributed by atoms with Crippen molar-refractivity contribution in [2.24, 2.45) is 0 Å². The van der Waals surface area contributed by atoms with Crippen molar-refractivity contribution in [2.45, 2.75) is 26.1 Å². The molecule has 11 nitrogen and oxygen atoms in total. The minimum Gasteiger partial charge on any atom is -0.467 e. The molecule has 1 aromatic rings. The minimum absolute atomic E-state index is 0.115. The lowest BCUT2D eigenvalue weighted by molar-refractivity contribution is -0.384. The van der Waals surface area contributed by atoms with E-state index in [0.29, 0.717) is 4.90 Å². The number of rotatable bonds is 7. The van der Waals surface area contributed by atoms with Crippen LogP contribution in [0.15, 0.2) is 24.3 Å². The van der Waals surface area contributed by atoms with E-state index in [0.717, 1.165) is 40.2 Å². The molecule has 0 N–H and O–H groups in total. The van der Waals surface area contributed by atoms with E-state index in [9.17, 15) is 29.3 Å². The standard InChI is InChI=1S/C16H18N2O9/c1-9(19)17(13(15(21)25-3)16(22)26-4)14(27-10(2)20)11-5-7-12(8-6-11)18(23)24/h5-8,13-14H,1-4H3. The quantitative estimate of drug-likeness (QED) is 0.166. The van der Waals surface area contributed by atoms with Crippen molar-refractivity contribution in [3.05, 3.63) is 39.9 Å². The van der Waals surface area contributed by atoms with Crippen molar-refractivity contribution in [3.8, 4) is 0 Å². The normalized spacial score (nSPS) is 11.3. The van der Waals surface area contributed by atoms with Gasteiger partial charge >= 0.3 is 17.9 Å². The molecule has 0 aliphatic carbocycles. The van der Waals surface area contributed by atoms with E-state index in [-0.39, 0.29) is 11.3 Å². The van der Waals surface area contributed by atoms with Crippen LogP contribution in [0.4, 0.5) is 5.69 Å². The van der Waals surface area contributed by atoms with Crippen LogP contribution in [-0.2, 0) is 33.4 Å². The van der Waals surface area contributed by atoms with E-state index in [1.165, 1.54) is 12.1 Å². The zero-order valence-electron chi connectivity index (χ0n) is 15.0. The first-order valence-corrected chi connectivity index (χ1v) is 7.50. The fourth-order valence-electron chi connectivity index (χ4n) is 2.23. The molecule has 27 heavy (non-hydrogen) atoms. The second-order valence-corrected chi connectivity index (χ2v) is 5.19. The highest BCUT2D eigenvalue weighted by molar-refractivity contribution is 6.02. The van der Waals surface area contributed by atoms with Crippen molar-refractivity contribution >= 4 is 29.5 Å². The van der Waals surface area contributed by atoms with E-state index >= 15 is 0 Å². The first-order chi connectivity index (χ1) is 12.6. The number of carbonyl (C=O) groups is 4. The maximum Gasteiger partial charge on any atom is 0.340 e. The molecular weight excluding hydrogens is 364 g/mol. The number of nitro groups is 1. The summed E-state index contributed by atoms with van der Waals surface area (Å²) < 4.78 is 14.2. The molecule has 0 saturated heterocycles. The maximum absolute atomic E-state index is 12.2. The molecule has 1 rings (SSSR count). The van der Waals surface area contributed by atoms with Gasteiger partial charge in [-0.2, -0.15) is 0 Å². The molecule has 1 amide bonds. The third kappa shape index (κ3) is 5.23. The van der Waals surface area contributed by atoms with Crippen LogP contribution in [0, 0.1) is 10.1 Å². The average molecular weight is 382 g/mol. The lowest BCUT2D eigenvalue weighted by atomic mass is 10.1. The van der Waals surface area contributed by atoms with Gasteiger partial charge in [0.15, 0.2) is 0 Å².